The molecule has 2 aromatic rings. The Morgan fingerprint density at radius 1 is 1.50 bits per heavy atom. The van der Waals surface area contributed by atoms with E-state index in [1.807, 2.05) is 25.1 Å². The molecule has 0 aliphatic carbocycles. The van der Waals surface area contributed by atoms with Gasteiger partial charge in [0.05, 0.1) is 24.8 Å². The molecule has 0 spiro atoms. The Bertz CT molecular complexity index is 684. The lowest BCUT2D eigenvalue weighted by Gasteiger charge is -2.18. The second-order valence-corrected chi connectivity index (χ2v) is 5.95. The highest BCUT2D eigenvalue weighted by molar-refractivity contribution is 6.30. The van der Waals surface area contributed by atoms with Crippen LogP contribution in [-0.4, -0.2) is 22.7 Å². The lowest BCUT2D eigenvalue weighted by molar-refractivity contribution is -0.121. The number of rotatable bonds is 3. The quantitative estimate of drug-likeness (QED) is 0.914. The van der Waals surface area contributed by atoms with Crippen LogP contribution in [0.15, 0.2) is 24.3 Å². The van der Waals surface area contributed by atoms with Gasteiger partial charge in [0.15, 0.2) is 0 Å². The molecule has 0 saturated heterocycles. The standard InChI is InChI=1S/C16H18ClN3O2/c1-10-7-12(20-19-10)9-16(21)18-14-3-2-6-22-15-8-11(17)4-5-13(14)15/h4-5,7-8,14H,2-3,6,9H2,1H3,(H,18,21)(H,19,20)/t14-/m0/s1. The van der Waals surface area contributed by atoms with Crippen molar-refractivity contribution >= 4 is 17.5 Å². The summed E-state index contributed by atoms with van der Waals surface area (Å²) in [6.45, 7) is 2.55. The second-order valence-electron chi connectivity index (χ2n) is 5.51. The number of benzene rings is 1. The van der Waals surface area contributed by atoms with E-state index in [0.29, 0.717) is 11.6 Å². The van der Waals surface area contributed by atoms with Crippen LogP contribution in [0.1, 0.15) is 35.8 Å². The molecule has 1 atom stereocenters. The number of carbonyl (C=O) groups excluding carboxylic acids is 1. The smallest absolute Gasteiger partial charge is 0.226 e. The van der Waals surface area contributed by atoms with Gasteiger partial charge in [0.25, 0.3) is 0 Å². The summed E-state index contributed by atoms with van der Waals surface area (Å²) in [5, 5.41) is 10.7. The Morgan fingerprint density at radius 2 is 2.36 bits per heavy atom. The number of nitrogens with zero attached hydrogens (tertiary/aromatic N) is 1. The van der Waals surface area contributed by atoms with Crippen LogP contribution >= 0.6 is 11.6 Å². The zero-order chi connectivity index (χ0) is 15.5. The minimum absolute atomic E-state index is 0.0423. The third kappa shape index (κ3) is 3.42. The fourth-order valence-electron chi connectivity index (χ4n) is 2.67. The van der Waals surface area contributed by atoms with Gasteiger partial charge in [-0.1, -0.05) is 17.7 Å². The zero-order valence-corrected chi connectivity index (χ0v) is 13.1. The molecule has 1 aromatic heterocycles. The topological polar surface area (TPSA) is 67.0 Å². The van der Waals surface area contributed by atoms with Gasteiger partial charge >= 0.3 is 0 Å². The maximum absolute atomic E-state index is 12.2. The molecule has 22 heavy (non-hydrogen) atoms. The number of carbonyl (C=O) groups is 1. The van der Waals surface area contributed by atoms with Crippen LogP contribution in [0.5, 0.6) is 5.75 Å². The summed E-state index contributed by atoms with van der Waals surface area (Å²) < 4.78 is 5.71. The van der Waals surface area contributed by atoms with Crippen molar-refractivity contribution in [2.24, 2.45) is 0 Å². The number of aromatic nitrogens is 2. The van der Waals surface area contributed by atoms with Crippen LogP contribution in [0.25, 0.3) is 0 Å². The Morgan fingerprint density at radius 3 is 3.14 bits per heavy atom. The number of halogens is 1. The molecular weight excluding hydrogens is 302 g/mol. The molecule has 1 amide bonds. The van der Waals surface area contributed by atoms with Gasteiger partial charge in [-0.15, -0.1) is 0 Å². The van der Waals surface area contributed by atoms with Crippen LogP contribution < -0.4 is 10.1 Å². The third-order valence-electron chi connectivity index (χ3n) is 3.68. The lowest BCUT2D eigenvalue weighted by atomic mass is 10.0. The lowest BCUT2D eigenvalue weighted by Crippen LogP contribution is -2.29. The summed E-state index contributed by atoms with van der Waals surface area (Å²) in [5.41, 5.74) is 2.68. The maximum Gasteiger partial charge on any atom is 0.226 e. The van der Waals surface area contributed by atoms with E-state index >= 15 is 0 Å². The highest BCUT2D eigenvalue weighted by Gasteiger charge is 2.22. The number of H-pyrrole nitrogens is 1. The summed E-state index contributed by atoms with van der Waals surface area (Å²) in [6.07, 6.45) is 2.00. The van der Waals surface area contributed by atoms with E-state index in [2.05, 4.69) is 15.5 Å². The number of hydrogen-bond acceptors (Lipinski definition) is 3. The highest BCUT2D eigenvalue weighted by atomic mass is 35.5. The van der Waals surface area contributed by atoms with Crippen LogP contribution in [0.2, 0.25) is 5.02 Å². The Balaban J connectivity index is 1.73. The van der Waals surface area contributed by atoms with Crippen molar-refractivity contribution in [3.63, 3.8) is 0 Å². The van der Waals surface area contributed by atoms with Crippen molar-refractivity contribution < 1.29 is 9.53 Å². The van der Waals surface area contributed by atoms with Crippen molar-refractivity contribution in [2.45, 2.75) is 32.2 Å². The van der Waals surface area contributed by atoms with Crippen molar-refractivity contribution in [3.8, 4) is 5.75 Å². The monoisotopic (exact) mass is 319 g/mol. The van der Waals surface area contributed by atoms with E-state index < -0.39 is 0 Å². The second kappa shape index (κ2) is 6.40. The van der Waals surface area contributed by atoms with E-state index in [-0.39, 0.29) is 18.4 Å². The first-order valence-corrected chi connectivity index (χ1v) is 7.72. The number of aryl methyl sites for hydroxylation is 1. The average Bonchev–Trinajstić information content (AvgIpc) is 2.77. The van der Waals surface area contributed by atoms with E-state index in [0.717, 1.165) is 35.5 Å². The zero-order valence-electron chi connectivity index (χ0n) is 12.4. The van der Waals surface area contributed by atoms with Gasteiger partial charge in [0.1, 0.15) is 5.75 Å². The molecule has 0 fully saturated rings. The molecule has 1 aliphatic heterocycles. The van der Waals surface area contributed by atoms with Crippen LogP contribution in [0, 0.1) is 6.92 Å². The Hall–Kier alpha value is -2.01. The molecule has 0 saturated carbocycles. The van der Waals surface area contributed by atoms with Gasteiger partial charge in [-0.25, -0.2) is 0 Å². The van der Waals surface area contributed by atoms with Crippen molar-refractivity contribution in [3.05, 3.63) is 46.2 Å². The van der Waals surface area contributed by atoms with Gasteiger partial charge in [0, 0.05) is 16.3 Å². The molecular formula is C16H18ClN3O2. The van der Waals surface area contributed by atoms with Crippen molar-refractivity contribution in [2.75, 3.05) is 6.61 Å². The van der Waals surface area contributed by atoms with Gasteiger partial charge in [0.2, 0.25) is 5.91 Å². The molecule has 3 rings (SSSR count). The van der Waals surface area contributed by atoms with Gasteiger partial charge in [-0.05, 0) is 38.0 Å². The van der Waals surface area contributed by atoms with Gasteiger partial charge in [-0.3, -0.25) is 9.89 Å². The number of aromatic amines is 1. The predicted octanol–water partition coefficient (Wildman–Crippen LogP) is 2.94. The highest BCUT2D eigenvalue weighted by Crippen LogP contribution is 2.33. The first kappa shape index (κ1) is 14.9. The van der Waals surface area contributed by atoms with Crippen LogP contribution in [0.3, 0.4) is 0 Å². The molecule has 6 heteroatoms. The molecule has 1 aliphatic rings. The largest absolute Gasteiger partial charge is 0.493 e. The number of ether oxygens (including phenoxy) is 1. The minimum atomic E-state index is -0.0534. The number of nitrogens with one attached hydrogen (secondary N) is 2. The summed E-state index contributed by atoms with van der Waals surface area (Å²) in [6, 6.07) is 7.38. The van der Waals surface area contributed by atoms with E-state index in [1.54, 1.807) is 6.07 Å². The summed E-state index contributed by atoms with van der Waals surface area (Å²) in [4.78, 5) is 12.2. The predicted molar refractivity (Wildman–Crippen MR) is 84.1 cm³/mol. The number of amides is 1. The summed E-state index contributed by atoms with van der Waals surface area (Å²) in [7, 11) is 0. The number of hydrogen-bond donors (Lipinski definition) is 2. The van der Waals surface area contributed by atoms with Gasteiger partial charge < -0.3 is 10.1 Å². The molecule has 2 N–H and O–H groups in total. The Kier molecular flexibility index (Phi) is 4.34. The molecule has 116 valence electrons. The van der Waals surface area contributed by atoms with Crippen molar-refractivity contribution in [1.82, 2.24) is 15.5 Å². The van der Waals surface area contributed by atoms with Crippen LogP contribution in [-0.2, 0) is 11.2 Å². The third-order valence-corrected chi connectivity index (χ3v) is 3.92. The minimum Gasteiger partial charge on any atom is -0.493 e. The molecule has 0 bridgehead atoms. The van der Waals surface area contributed by atoms with Gasteiger partial charge in [-0.2, -0.15) is 5.10 Å². The molecule has 2 heterocycles. The summed E-state index contributed by atoms with van der Waals surface area (Å²) >= 11 is 6.01. The molecule has 5 nitrogen and oxygen atoms in total. The fourth-order valence-corrected chi connectivity index (χ4v) is 2.83. The van der Waals surface area contributed by atoms with E-state index in [4.69, 9.17) is 16.3 Å². The first-order valence-electron chi connectivity index (χ1n) is 7.34. The molecule has 1 aromatic carbocycles. The maximum atomic E-state index is 12.2. The normalized spacial score (nSPS) is 17.3. The van der Waals surface area contributed by atoms with Crippen LogP contribution in [0.4, 0.5) is 0 Å². The molecule has 0 unspecified atom stereocenters. The molecule has 0 radical (unpaired) electrons. The Labute approximate surface area is 134 Å². The fraction of sp³-hybridized carbons (Fsp3) is 0.375. The van der Waals surface area contributed by atoms with E-state index in [9.17, 15) is 4.79 Å². The van der Waals surface area contributed by atoms with Crippen molar-refractivity contribution in [1.29, 1.82) is 0 Å². The average molecular weight is 320 g/mol. The number of fused-ring (bicyclic) bond motifs is 1. The SMILES string of the molecule is Cc1cc(CC(=O)N[C@H]2CCCOc3cc(Cl)ccc32)n[nH]1. The first-order chi connectivity index (χ1) is 10.6. The van der Waals surface area contributed by atoms with E-state index in [1.165, 1.54) is 0 Å². The summed E-state index contributed by atoms with van der Waals surface area (Å²) in [5.74, 6) is 0.713.